The molecule has 0 bridgehead atoms. The lowest BCUT2D eigenvalue weighted by atomic mass is 9.84. The van der Waals surface area contributed by atoms with Crippen LogP contribution in [0, 0.1) is 23.4 Å². The highest BCUT2D eigenvalue weighted by Gasteiger charge is 2.33. The Morgan fingerprint density at radius 3 is 2.45 bits per heavy atom. The van der Waals surface area contributed by atoms with Gasteiger partial charge in [-0.3, -0.25) is 4.79 Å². The maximum absolute atomic E-state index is 14.1. The normalized spacial score (nSPS) is 18.7. The van der Waals surface area contributed by atoms with Gasteiger partial charge in [0.25, 0.3) is 0 Å². The summed E-state index contributed by atoms with van der Waals surface area (Å²) in [5.74, 6) is -1.76. The van der Waals surface area contributed by atoms with Crippen LogP contribution in [0.4, 0.5) is 13.2 Å². The Labute approximate surface area is 167 Å². The van der Waals surface area contributed by atoms with E-state index in [-0.39, 0.29) is 42.4 Å². The number of carbonyl (C=O) groups excluding carboxylic acids is 1. The van der Waals surface area contributed by atoms with Crippen LogP contribution in [0.5, 0.6) is 0 Å². The molecule has 0 spiro atoms. The van der Waals surface area contributed by atoms with Crippen molar-refractivity contribution in [3.05, 3.63) is 71.0 Å². The fourth-order valence-corrected chi connectivity index (χ4v) is 3.59. The molecule has 29 heavy (non-hydrogen) atoms. The smallest absolute Gasteiger partial charge is 0.226 e. The summed E-state index contributed by atoms with van der Waals surface area (Å²) in [6, 6.07) is 9.34. The summed E-state index contributed by atoms with van der Waals surface area (Å²) < 4.78 is 40.5. The van der Waals surface area contributed by atoms with Gasteiger partial charge in [-0.25, -0.2) is 13.2 Å². The van der Waals surface area contributed by atoms with Crippen molar-refractivity contribution in [1.82, 2.24) is 4.90 Å². The SMILES string of the molecule is O=C(C1CCC1)N(Cc1ccc(F)cc1F)C[C@@H]1CC(c2ccc(F)cc2)=NO1. The number of hydrogen-bond acceptors (Lipinski definition) is 3. The summed E-state index contributed by atoms with van der Waals surface area (Å²) in [6.07, 6.45) is 2.75. The van der Waals surface area contributed by atoms with E-state index < -0.39 is 11.6 Å². The van der Waals surface area contributed by atoms with Gasteiger partial charge < -0.3 is 9.74 Å². The molecule has 0 radical (unpaired) electrons. The van der Waals surface area contributed by atoms with Crippen LogP contribution >= 0.6 is 0 Å². The van der Waals surface area contributed by atoms with Crippen LogP contribution < -0.4 is 0 Å². The van der Waals surface area contributed by atoms with Crippen LogP contribution in [0.25, 0.3) is 0 Å². The molecule has 1 heterocycles. The van der Waals surface area contributed by atoms with E-state index in [4.69, 9.17) is 4.84 Å². The van der Waals surface area contributed by atoms with Gasteiger partial charge in [-0.2, -0.15) is 0 Å². The molecule has 2 aromatic rings. The second kappa shape index (κ2) is 8.27. The second-order valence-electron chi connectivity index (χ2n) is 7.56. The van der Waals surface area contributed by atoms with Crippen LogP contribution in [0.15, 0.2) is 47.6 Å². The van der Waals surface area contributed by atoms with E-state index in [0.717, 1.165) is 30.9 Å². The first kappa shape index (κ1) is 19.5. The Morgan fingerprint density at radius 2 is 1.79 bits per heavy atom. The molecule has 4 nitrogen and oxygen atoms in total. The largest absolute Gasteiger partial charge is 0.390 e. The molecule has 152 valence electrons. The second-order valence-corrected chi connectivity index (χ2v) is 7.56. The Hall–Kier alpha value is -2.83. The number of nitrogens with zero attached hydrogens (tertiary/aromatic N) is 2. The van der Waals surface area contributed by atoms with Crippen molar-refractivity contribution >= 4 is 11.6 Å². The fraction of sp³-hybridized carbons (Fsp3) is 0.364. The molecule has 1 amide bonds. The third kappa shape index (κ3) is 4.44. The summed E-state index contributed by atoms with van der Waals surface area (Å²) in [7, 11) is 0. The number of rotatable bonds is 6. The minimum Gasteiger partial charge on any atom is -0.390 e. The van der Waals surface area contributed by atoms with Crippen molar-refractivity contribution in [3.8, 4) is 0 Å². The zero-order valence-corrected chi connectivity index (χ0v) is 15.8. The van der Waals surface area contributed by atoms with E-state index in [0.29, 0.717) is 12.1 Å². The average molecular weight is 402 g/mol. The molecule has 1 aliphatic carbocycles. The topological polar surface area (TPSA) is 41.9 Å². The summed E-state index contributed by atoms with van der Waals surface area (Å²) in [4.78, 5) is 20.0. The van der Waals surface area contributed by atoms with Crippen molar-refractivity contribution in [1.29, 1.82) is 0 Å². The Bertz CT molecular complexity index is 926. The minimum absolute atomic E-state index is 0.0428. The predicted molar refractivity (Wildman–Crippen MR) is 102 cm³/mol. The molecule has 0 saturated heterocycles. The van der Waals surface area contributed by atoms with Crippen LogP contribution in [-0.4, -0.2) is 29.2 Å². The van der Waals surface area contributed by atoms with Crippen molar-refractivity contribution < 1.29 is 22.8 Å². The monoisotopic (exact) mass is 402 g/mol. The molecule has 7 heteroatoms. The van der Waals surface area contributed by atoms with Crippen molar-refractivity contribution in [3.63, 3.8) is 0 Å². The summed E-state index contributed by atoms with van der Waals surface area (Å²) in [5, 5.41) is 4.08. The van der Waals surface area contributed by atoms with Crippen molar-refractivity contribution in [2.75, 3.05) is 6.54 Å². The van der Waals surface area contributed by atoms with E-state index in [1.54, 1.807) is 17.0 Å². The lowest BCUT2D eigenvalue weighted by Crippen LogP contribution is -2.42. The van der Waals surface area contributed by atoms with Gasteiger partial charge in [0, 0.05) is 30.5 Å². The first-order chi connectivity index (χ1) is 14.0. The van der Waals surface area contributed by atoms with Gasteiger partial charge in [-0.05, 0) is 36.6 Å². The molecular formula is C22H21F3N2O2. The molecule has 0 N–H and O–H groups in total. The van der Waals surface area contributed by atoms with Gasteiger partial charge in [0.05, 0.1) is 12.3 Å². The number of oxime groups is 1. The number of carbonyl (C=O) groups is 1. The maximum Gasteiger partial charge on any atom is 0.226 e. The quantitative estimate of drug-likeness (QED) is 0.718. The van der Waals surface area contributed by atoms with Gasteiger partial charge in [0.1, 0.15) is 17.5 Å². The molecule has 4 rings (SSSR count). The standard InChI is InChI=1S/C22H21F3N2O2/c23-17-7-4-14(5-8-17)21-11-19(29-26-21)13-27(22(28)15-2-1-3-15)12-16-6-9-18(24)10-20(16)25/h4-10,15,19H,1-3,11-13H2/t19-/m0/s1. The Kier molecular flexibility index (Phi) is 5.56. The summed E-state index contributed by atoms with van der Waals surface area (Å²) in [5.41, 5.74) is 1.70. The van der Waals surface area contributed by atoms with Crippen LogP contribution in [0.2, 0.25) is 0 Å². The molecule has 2 aliphatic rings. The highest BCUT2D eigenvalue weighted by atomic mass is 19.1. The number of benzene rings is 2. The highest BCUT2D eigenvalue weighted by molar-refractivity contribution is 6.01. The van der Waals surface area contributed by atoms with Gasteiger partial charge in [0.15, 0.2) is 6.10 Å². The maximum atomic E-state index is 14.1. The van der Waals surface area contributed by atoms with Gasteiger partial charge in [0.2, 0.25) is 5.91 Å². The zero-order chi connectivity index (χ0) is 20.4. The molecule has 0 aromatic heterocycles. The molecule has 0 unspecified atom stereocenters. The van der Waals surface area contributed by atoms with Gasteiger partial charge in [-0.1, -0.05) is 29.8 Å². The number of halogens is 3. The first-order valence-corrected chi connectivity index (χ1v) is 9.71. The van der Waals surface area contributed by atoms with Crippen LogP contribution in [-0.2, 0) is 16.2 Å². The van der Waals surface area contributed by atoms with Crippen molar-refractivity contribution in [2.24, 2.45) is 11.1 Å². The molecular weight excluding hydrogens is 381 g/mol. The van der Waals surface area contributed by atoms with Crippen LogP contribution in [0.3, 0.4) is 0 Å². The Morgan fingerprint density at radius 1 is 1.07 bits per heavy atom. The van der Waals surface area contributed by atoms with Crippen molar-refractivity contribution in [2.45, 2.75) is 38.3 Å². The number of amides is 1. The molecule has 2 aromatic carbocycles. The van der Waals surface area contributed by atoms with E-state index in [9.17, 15) is 18.0 Å². The zero-order valence-electron chi connectivity index (χ0n) is 15.8. The Balaban J connectivity index is 1.45. The van der Waals surface area contributed by atoms with Gasteiger partial charge in [-0.15, -0.1) is 0 Å². The third-order valence-corrected chi connectivity index (χ3v) is 5.48. The van der Waals surface area contributed by atoms with E-state index in [1.165, 1.54) is 24.3 Å². The summed E-state index contributed by atoms with van der Waals surface area (Å²) in [6.45, 7) is 0.299. The third-order valence-electron chi connectivity index (χ3n) is 5.48. The molecule has 1 aliphatic heterocycles. The highest BCUT2D eigenvalue weighted by Crippen LogP contribution is 2.30. The number of hydrogen-bond donors (Lipinski definition) is 0. The van der Waals surface area contributed by atoms with Gasteiger partial charge >= 0.3 is 0 Å². The average Bonchev–Trinajstić information content (AvgIpc) is 3.11. The molecule has 1 fully saturated rings. The molecule has 1 atom stereocenters. The van der Waals surface area contributed by atoms with Crippen LogP contribution in [0.1, 0.15) is 36.8 Å². The lowest BCUT2D eigenvalue weighted by molar-refractivity contribution is -0.140. The van der Waals surface area contributed by atoms with E-state index in [2.05, 4.69) is 5.16 Å². The van der Waals surface area contributed by atoms with E-state index >= 15 is 0 Å². The first-order valence-electron chi connectivity index (χ1n) is 9.71. The lowest BCUT2D eigenvalue weighted by Gasteiger charge is -2.32. The summed E-state index contributed by atoms with van der Waals surface area (Å²) >= 11 is 0. The minimum atomic E-state index is -0.674. The molecule has 1 saturated carbocycles. The van der Waals surface area contributed by atoms with E-state index in [1.807, 2.05) is 0 Å². The predicted octanol–water partition coefficient (Wildman–Crippen LogP) is 4.43. The fourth-order valence-electron chi connectivity index (χ4n) is 3.59.